The van der Waals surface area contributed by atoms with Gasteiger partial charge in [0.05, 0.1) is 6.61 Å². The second kappa shape index (κ2) is 8.30. The van der Waals surface area contributed by atoms with Gasteiger partial charge in [0.1, 0.15) is 6.10 Å². The van der Waals surface area contributed by atoms with E-state index >= 15 is 0 Å². The third kappa shape index (κ3) is 4.28. The molecule has 24 heavy (non-hydrogen) atoms. The van der Waals surface area contributed by atoms with Crippen molar-refractivity contribution in [2.75, 3.05) is 33.3 Å². The zero-order chi connectivity index (χ0) is 16.9. The first-order valence-corrected chi connectivity index (χ1v) is 9.09. The van der Waals surface area contributed by atoms with Gasteiger partial charge in [0.25, 0.3) is 0 Å². The molecular weight excluding hydrogens is 326 g/mol. The number of carbonyl (C=O) groups excluding carboxylic acids is 1. The summed E-state index contributed by atoms with van der Waals surface area (Å²) >= 11 is 5.99. The molecule has 0 radical (unpaired) electrons. The summed E-state index contributed by atoms with van der Waals surface area (Å²) in [4.78, 5) is 14.5. The van der Waals surface area contributed by atoms with E-state index < -0.39 is 0 Å². The largest absolute Gasteiger partial charge is 0.365 e. The Labute approximate surface area is 148 Å². The Bertz CT molecular complexity index is 546. The van der Waals surface area contributed by atoms with Gasteiger partial charge in [-0.15, -0.1) is 0 Å². The average molecular weight is 352 g/mol. The van der Waals surface area contributed by atoms with Gasteiger partial charge >= 0.3 is 0 Å². The summed E-state index contributed by atoms with van der Waals surface area (Å²) < 4.78 is 5.86. The van der Waals surface area contributed by atoms with Gasteiger partial charge in [-0.3, -0.25) is 9.69 Å². The number of rotatable bonds is 4. The summed E-state index contributed by atoms with van der Waals surface area (Å²) in [5, 5.41) is 6.89. The Morgan fingerprint density at radius 3 is 2.71 bits per heavy atom. The van der Waals surface area contributed by atoms with Crippen LogP contribution in [0.5, 0.6) is 0 Å². The maximum Gasteiger partial charge on any atom is 0.250 e. The summed E-state index contributed by atoms with van der Waals surface area (Å²) in [7, 11) is 1.67. The maximum absolute atomic E-state index is 12.0. The Morgan fingerprint density at radius 2 is 2.04 bits per heavy atom. The molecule has 132 valence electrons. The molecule has 2 N–H and O–H groups in total. The van der Waals surface area contributed by atoms with Crippen molar-refractivity contribution in [3.8, 4) is 0 Å². The summed E-state index contributed by atoms with van der Waals surface area (Å²) in [5.74, 6) is -0.0288. The maximum atomic E-state index is 12.0. The zero-order valence-electron chi connectivity index (χ0n) is 14.1. The Hall–Kier alpha value is -1.14. The molecule has 2 heterocycles. The number of ether oxygens (including phenoxy) is 1. The van der Waals surface area contributed by atoms with Crippen LogP contribution < -0.4 is 10.6 Å². The van der Waals surface area contributed by atoms with E-state index in [1.54, 1.807) is 7.05 Å². The van der Waals surface area contributed by atoms with Crippen LogP contribution >= 0.6 is 11.6 Å². The standard InChI is InChI=1S/C18H26ClN3O2/c1-20-18(23)17-11-22(15-6-8-21-9-7-15)16(12-24-17)10-13-2-4-14(19)5-3-13/h2-5,15-17,21H,6-12H2,1H3,(H,20,23). The number of hydrogen-bond donors (Lipinski definition) is 2. The molecule has 0 bridgehead atoms. The first-order chi connectivity index (χ1) is 11.7. The summed E-state index contributed by atoms with van der Waals surface area (Å²) in [6.45, 7) is 3.34. The number of morpholine rings is 1. The topological polar surface area (TPSA) is 53.6 Å². The van der Waals surface area contributed by atoms with Crippen molar-refractivity contribution in [3.05, 3.63) is 34.9 Å². The second-order valence-electron chi connectivity index (χ2n) is 6.60. The average Bonchev–Trinajstić information content (AvgIpc) is 2.64. The summed E-state index contributed by atoms with van der Waals surface area (Å²) in [6.07, 6.45) is 2.79. The predicted octanol–water partition coefficient (Wildman–Crippen LogP) is 1.45. The van der Waals surface area contributed by atoms with Crippen molar-refractivity contribution in [1.29, 1.82) is 0 Å². The molecule has 1 aromatic rings. The van der Waals surface area contributed by atoms with E-state index in [9.17, 15) is 4.79 Å². The number of likely N-dealkylation sites (N-methyl/N-ethyl adjacent to an activating group) is 1. The summed E-state index contributed by atoms with van der Waals surface area (Å²) in [5.41, 5.74) is 1.25. The molecule has 1 aromatic carbocycles. The molecule has 2 fully saturated rings. The van der Waals surface area contributed by atoms with Crippen LogP contribution in [0.25, 0.3) is 0 Å². The number of benzene rings is 1. The second-order valence-corrected chi connectivity index (χ2v) is 7.04. The van der Waals surface area contributed by atoms with Crippen LogP contribution in [0.1, 0.15) is 18.4 Å². The van der Waals surface area contributed by atoms with Crippen LogP contribution in [0.4, 0.5) is 0 Å². The highest BCUT2D eigenvalue weighted by Gasteiger charge is 2.36. The smallest absolute Gasteiger partial charge is 0.250 e. The van der Waals surface area contributed by atoms with Gasteiger partial charge in [-0.25, -0.2) is 0 Å². The lowest BCUT2D eigenvalue weighted by atomic mass is 9.97. The molecule has 1 amide bonds. The first-order valence-electron chi connectivity index (χ1n) is 8.71. The number of hydrogen-bond acceptors (Lipinski definition) is 4. The summed E-state index contributed by atoms with van der Waals surface area (Å²) in [6, 6.07) is 8.84. The van der Waals surface area contributed by atoms with E-state index in [2.05, 4.69) is 27.7 Å². The number of nitrogens with zero attached hydrogens (tertiary/aromatic N) is 1. The molecule has 2 aliphatic heterocycles. The van der Waals surface area contributed by atoms with Crippen LogP contribution in [0.3, 0.4) is 0 Å². The number of amides is 1. The Morgan fingerprint density at radius 1 is 1.33 bits per heavy atom. The van der Waals surface area contributed by atoms with Gasteiger partial charge in [0, 0.05) is 30.7 Å². The highest BCUT2D eigenvalue weighted by atomic mass is 35.5. The van der Waals surface area contributed by atoms with Gasteiger partial charge in [-0.2, -0.15) is 0 Å². The van der Waals surface area contributed by atoms with Gasteiger partial charge in [0.15, 0.2) is 0 Å². The van der Waals surface area contributed by atoms with Crippen molar-refractivity contribution in [2.45, 2.75) is 37.5 Å². The minimum absolute atomic E-state index is 0.0288. The molecule has 0 aliphatic carbocycles. The van der Waals surface area contributed by atoms with Gasteiger partial charge in [-0.1, -0.05) is 23.7 Å². The molecule has 3 rings (SSSR count). The lowest BCUT2D eigenvalue weighted by Crippen LogP contribution is -2.59. The Kier molecular flexibility index (Phi) is 6.11. The third-order valence-electron chi connectivity index (χ3n) is 5.04. The fourth-order valence-electron chi connectivity index (χ4n) is 3.69. The third-order valence-corrected chi connectivity index (χ3v) is 5.29. The van der Waals surface area contributed by atoms with E-state index in [-0.39, 0.29) is 12.0 Å². The molecule has 0 spiro atoms. The number of halogens is 1. The fourth-order valence-corrected chi connectivity index (χ4v) is 3.82. The highest BCUT2D eigenvalue weighted by molar-refractivity contribution is 6.30. The molecule has 2 atom stereocenters. The number of nitrogens with one attached hydrogen (secondary N) is 2. The Balaban J connectivity index is 1.72. The minimum atomic E-state index is -0.369. The van der Waals surface area contributed by atoms with Crippen molar-refractivity contribution < 1.29 is 9.53 Å². The predicted molar refractivity (Wildman–Crippen MR) is 95.3 cm³/mol. The fraction of sp³-hybridized carbons (Fsp3) is 0.611. The van der Waals surface area contributed by atoms with Crippen LogP contribution in [0, 0.1) is 0 Å². The molecule has 0 aromatic heterocycles. The first kappa shape index (κ1) is 17.7. The molecule has 2 aliphatic rings. The lowest BCUT2D eigenvalue weighted by Gasteiger charge is -2.45. The minimum Gasteiger partial charge on any atom is -0.365 e. The van der Waals surface area contributed by atoms with Crippen molar-refractivity contribution in [2.24, 2.45) is 0 Å². The van der Waals surface area contributed by atoms with E-state index in [0.717, 1.165) is 37.4 Å². The number of carbonyl (C=O) groups is 1. The van der Waals surface area contributed by atoms with Gasteiger partial charge in [-0.05, 0) is 50.0 Å². The van der Waals surface area contributed by atoms with E-state index in [4.69, 9.17) is 16.3 Å². The van der Waals surface area contributed by atoms with Crippen molar-refractivity contribution in [3.63, 3.8) is 0 Å². The quantitative estimate of drug-likeness (QED) is 0.862. The molecule has 5 nitrogen and oxygen atoms in total. The highest BCUT2D eigenvalue weighted by Crippen LogP contribution is 2.24. The van der Waals surface area contributed by atoms with Crippen LogP contribution in [-0.4, -0.2) is 62.3 Å². The van der Waals surface area contributed by atoms with E-state index in [0.29, 0.717) is 25.2 Å². The molecule has 6 heteroatoms. The van der Waals surface area contributed by atoms with Crippen LogP contribution in [-0.2, 0) is 16.0 Å². The SMILES string of the molecule is CNC(=O)C1CN(C2CCNCC2)C(Cc2ccc(Cl)cc2)CO1. The zero-order valence-corrected chi connectivity index (χ0v) is 14.9. The number of piperidine rings is 1. The normalized spacial score (nSPS) is 26.2. The van der Waals surface area contributed by atoms with E-state index in [1.165, 1.54) is 5.56 Å². The molecular formula is C18H26ClN3O2. The van der Waals surface area contributed by atoms with Crippen molar-refractivity contribution >= 4 is 17.5 Å². The monoisotopic (exact) mass is 351 g/mol. The lowest BCUT2D eigenvalue weighted by molar-refractivity contribution is -0.144. The van der Waals surface area contributed by atoms with E-state index in [1.807, 2.05) is 12.1 Å². The van der Waals surface area contributed by atoms with Crippen LogP contribution in [0.15, 0.2) is 24.3 Å². The molecule has 2 unspecified atom stereocenters. The van der Waals surface area contributed by atoms with Gasteiger partial charge in [0.2, 0.25) is 5.91 Å². The van der Waals surface area contributed by atoms with Crippen LogP contribution in [0.2, 0.25) is 5.02 Å². The molecule has 0 saturated carbocycles. The van der Waals surface area contributed by atoms with Gasteiger partial charge < -0.3 is 15.4 Å². The van der Waals surface area contributed by atoms with Crippen molar-refractivity contribution in [1.82, 2.24) is 15.5 Å². The molecule has 2 saturated heterocycles.